The van der Waals surface area contributed by atoms with E-state index in [0.29, 0.717) is 0 Å². The van der Waals surface area contributed by atoms with Gasteiger partial charge in [0, 0.05) is 18.7 Å². The van der Waals surface area contributed by atoms with Crippen LogP contribution in [0.3, 0.4) is 0 Å². The summed E-state index contributed by atoms with van der Waals surface area (Å²) in [5.74, 6) is 0. The van der Waals surface area contributed by atoms with Crippen molar-refractivity contribution >= 4 is 11.8 Å². The summed E-state index contributed by atoms with van der Waals surface area (Å²) < 4.78 is 0. The average molecular weight is 176 g/mol. The zero-order valence-corrected chi connectivity index (χ0v) is 6.86. The Morgan fingerprint density at radius 3 is 3.08 bits per heavy atom. The Kier molecular flexibility index (Phi) is 1.73. The maximum atomic E-state index is 10.5. The number of hydrogen-bond acceptors (Lipinski definition) is 3. The van der Waals surface area contributed by atoms with Crippen LogP contribution in [0.15, 0.2) is 24.4 Å². The van der Waals surface area contributed by atoms with Crippen molar-refractivity contribution in [1.29, 1.82) is 0 Å². The highest BCUT2D eigenvalue weighted by atomic mass is 16.6. The van der Waals surface area contributed by atoms with E-state index in [0.717, 1.165) is 17.7 Å². The Morgan fingerprint density at radius 1 is 1.46 bits per heavy atom. The van der Waals surface area contributed by atoms with Crippen molar-refractivity contribution in [2.24, 2.45) is 0 Å². The van der Waals surface area contributed by atoms with Gasteiger partial charge in [-0.2, -0.15) is 0 Å². The minimum Gasteiger partial charge on any atom is -0.387 e. The number of nitrogens with one attached hydrogen (secondary N) is 1. The molecule has 1 heterocycles. The lowest BCUT2D eigenvalue weighted by Gasteiger charge is -2.10. The third kappa shape index (κ3) is 1.38. The van der Waals surface area contributed by atoms with Gasteiger partial charge in [-0.1, -0.05) is 0 Å². The fourth-order valence-corrected chi connectivity index (χ4v) is 1.33. The maximum absolute atomic E-state index is 10.5. The van der Waals surface area contributed by atoms with E-state index >= 15 is 0 Å². The second kappa shape index (κ2) is 2.90. The molecule has 0 saturated carbocycles. The SMILES string of the molecule is O=[N+]([O-])c1ccc2c(c1)C=CNC2. The second-order valence-corrected chi connectivity index (χ2v) is 2.85. The molecule has 0 bridgehead atoms. The lowest BCUT2D eigenvalue weighted by molar-refractivity contribution is -0.384. The summed E-state index contributed by atoms with van der Waals surface area (Å²) in [7, 11) is 0. The summed E-state index contributed by atoms with van der Waals surface area (Å²) in [4.78, 5) is 10.1. The topological polar surface area (TPSA) is 55.2 Å². The molecule has 0 atom stereocenters. The third-order valence-corrected chi connectivity index (χ3v) is 2.01. The Hall–Kier alpha value is -1.84. The number of nitro groups is 1. The van der Waals surface area contributed by atoms with E-state index in [1.54, 1.807) is 18.3 Å². The number of fused-ring (bicyclic) bond motifs is 1. The van der Waals surface area contributed by atoms with Crippen molar-refractivity contribution in [2.45, 2.75) is 6.54 Å². The van der Waals surface area contributed by atoms with E-state index in [4.69, 9.17) is 0 Å². The molecule has 4 nitrogen and oxygen atoms in total. The van der Waals surface area contributed by atoms with Crippen LogP contribution in [0.5, 0.6) is 0 Å². The Labute approximate surface area is 75.0 Å². The first kappa shape index (κ1) is 7.79. The number of non-ortho nitro benzene ring substituents is 1. The molecule has 0 unspecified atom stereocenters. The quantitative estimate of drug-likeness (QED) is 0.523. The van der Waals surface area contributed by atoms with E-state index in [1.807, 2.05) is 6.08 Å². The number of rotatable bonds is 1. The summed E-state index contributed by atoms with van der Waals surface area (Å²) in [6.45, 7) is 0.740. The summed E-state index contributed by atoms with van der Waals surface area (Å²) in [5.41, 5.74) is 2.16. The molecule has 13 heavy (non-hydrogen) atoms. The fraction of sp³-hybridized carbons (Fsp3) is 0.111. The van der Waals surface area contributed by atoms with Crippen molar-refractivity contribution in [2.75, 3.05) is 0 Å². The molecule has 0 radical (unpaired) electrons. The van der Waals surface area contributed by atoms with Crippen LogP contribution in [-0.4, -0.2) is 4.92 Å². The summed E-state index contributed by atoms with van der Waals surface area (Å²) in [6.07, 6.45) is 3.64. The molecule has 0 aliphatic carbocycles. The van der Waals surface area contributed by atoms with E-state index in [2.05, 4.69) is 5.32 Å². The lowest BCUT2D eigenvalue weighted by atomic mass is 10.0. The van der Waals surface area contributed by atoms with Gasteiger partial charge in [-0.15, -0.1) is 0 Å². The van der Waals surface area contributed by atoms with E-state index in [-0.39, 0.29) is 10.6 Å². The molecule has 0 aromatic heterocycles. The van der Waals surface area contributed by atoms with Gasteiger partial charge in [-0.05, 0) is 29.5 Å². The van der Waals surface area contributed by atoms with Gasteiger partial charge in [0.05, 0.1) is 4.92 Å². The molecule has 1 aromatic carbocycles. The van der Waals surface area contributed by atoms with Crippen LogP contribution in [-0.2, 0) is 6.54 Å². The van der Waals surface area contributed by atoms with Crippen molar-refractivity contribution < 1.29 is 4.92 Å². The van der Waals surface area contributed by atoms with Crippen LogP contribution in [0, 0.1) is 10.1 Å². The third-order valence-electron chi connectivity index (χ3n) is 2.01. The highest BCUT2D eigenvalue weighted by Gasteiger charge is 2.10. The predicted octanol–water partition coefficient (Wildman–Crippen LogP) is 1.67. The monoisotopic (exact) mass is 176 g/mol. The van der Waals surface area contributed by atoms with Gasteiger partial charge in [-0.3, -0.25) is 10.1 Å². The second-order valence-electron chi connectivity index (χ2n) is 2.85. The van der Waals surface area contributed by atoms with Gasteiger partial charge in [0.15, 0.2) is 0 Å². The average Bonchev–Trinajstić information content (AvgIpc) is 2.17. The molecule has 1 aromatic rings. The molecule has 4 heteroatoms. The van der Waals surface area contributed by atoms with Gasteiger partial charge >= 0.3 is 0 Å². The summed E-state index contributed by atoms with van der Waals surface area (Å²) in [5, 5.41) is 13.5. The minimum absolute atomic E-state index is 0.144. The smallest absolute Gasteiger partial charge is 0.270 e. The minimum atomic E-state index is -0.379. The molecule has 1 aliphatic rings. The van der Waals surface area contributed by atoms with E-state index in [1.165, 1.54) is 6.07 Å². The summed E-state index contributed by atoms with van der Waals surface area (Å²) >= 11 is 0. The van der Waals surface area contributed by atoms with Crippen LogP contribution < -0.4 is 5.32 Å². The van der Waals surface area contributed by atoms with E-state index < -0.39 is 0 Å². The molecule has 0 amide bonds. The Morgan fingerprint density at radius 2 is 2.31 bits per heavy atom. The molecule has 66 valence electrons. The van der Waals surface area contributed by atoms with Crippen molar-refractivity contribution in [3.63, 3.8) is 0 Å². The fourth-order valence-electron chi connectivity index (χ4n) is 1.33. The first-order valence-corrected chi connectivity index (χ1v) is 3.94. The lowest BCUT2D eigenvalue weighted by Crippen LogP contribution is -2.10. The molecule has 0 fully saturated rings. The molecular formula is C9H8N2O2. The van der Waals surface area contributed by atoms with Crippen molar-refractivity contribution in [1.82, 2.24) is 5.32 Å². The van der Waals surface area contributed by atoms with Crippen molar-refractivity contribution in [3.05, 3.63) is 45.6 Å². The normalized spacial score (nSPS) is 13.2. The number of nitrogens with zero attached hydrogens (tertiary/aromatic N) is 1. The number of nitro benzene ring substituents is 1. The molecule has 0 spiro atoms. The molecule has 1 N–H and O–H groups in total. The zero-order chi connectivity index (χ0) is 9.26. The van der Waals surface area contributed by atoms with Crippen LogP contribution in [0.25, 0.3) is 6.08 Å². The standard InChI is InChI=1S/C9H8N2O2/c12-11(13)9-2-1-8-6-10-4-3-7(8)5-9/h1-5,10H,6H2. The Balaban J connectivity index is 2.48. The number of benzene rings is 1. The first-order valence-electron chi connectivity index (χ1n) is 3.94. The van der Waals surface area contributed by atoms with Crippen LogP contribution in [0.1, 0.15) is 11.1 Å². The number of hydrogen-bond donors (Lipinski definition) is 1. The molecule has 0 saturated heterocycles. The highest BCUT2D eigenvalue weighted by Crippen LogP contribution is 2.20. The van der Waals surface area contributed by atoms with Gasteiger partial charge < -0.3 is 5.32 Å². The largest absolute Gasteiger partial charge is 0.387 e. The Bertz CT molecular complexity index is 385. The van der Waals surface area contributed by atoms with Gasteiger partial charge in [0.2, 0.25) is 0 Å². The van der Waals surface area contributed by atoms with E-state index in [9.17, 15) is 10.1 Å². The first-order chi connectivity index (χ1) is 6.27. The van der Waals surface area contributed by atoms with Gasteiger partial charge in [-0.25, -0.2) is 0 Å². The van der Waals surface area contributed by atoms with Crippen LogP contribution >= 0.6 is 0 Å². The highest BCUT2D eigenvalue weighted by molar-refractivity contribution is 5.59. The van der Waals surface area contributed by atoms with Crippen LogP contribution in [0.4, 0.5) is 5.69 Å². The molecular weight excluding hydrogens is 168 g/mol. The van der Waals surface area contributed by atoms with Gasteiger partial charge in [0.25, 0.3) is 5.69 Å². The maximum Gasteiger partial charge on any atom is 0.270 e. The predicted molar refractivity (Wildman–Crippen MR) is 49.0 cm³/mol. The molecule has 2 rings (SSSR count). The van der Waals surface area contributed by atoms with Crippen LogP contribution in [0.2, 0.25) is 0 Å². The molecule has 1 aliphatic heterocycles. The van der Waals surface area contributed by atoms with Crippen molar-refractivity contribution in [3.8, 4) is 0 Å². The zero-order valence-electron chi connectivity index (χ0n) is 6.86. The van der Waals surface area contributed by atoms with Gasteiger partial charge in [0.1, 0.15) is 0 Å². The summed E-state index contributed by atoms with van der Waals surface area (Å²) in [6, 6.07) is 4.90.